The number of rotatable bonds is 7. The molecule has 0 bridgehead atoms. The lowest BCUT2D eigenvalue weighted by atomic mass is 10.3. The Balaban J connectivity index is 1.76. The molecule has 22 heavy (non-hydrogen) atoms. The van der Waals surface area contributed by atoms with E-state index in [2.05, 4.69) is 10.5 Å². The van der Waals surface area contributed by atoms with Crippen LogP contribution in [0.1, 0.15) is 0 Å². The van der Waals surface area contributed by atoms with Crippen molar-refractivity contribution < 1.29 is 9.66 Å². The lowest BCUT2D eigenvalue weighted by Crippen LogP contribution is -1.92. The van der Waals surface area contributed by atoms with Crippen LogP contribution in [0.15, 0.2) is 58.5 Å². The second-order valence-electron chi connectivity index (χ2n) is 4.21. The smallest absolute Gasteiger partial charge is 0.269 e. The summed E-state index contributed by atoms with van der Waals surface area (Å²) in [5.41, 5.74) is 3.59. The van der Waals surface area contributed by atoms with Gasteiger partial charge in [0, 0.05) is 29.0 Å². The molecule has 7 heteroatoms. The Bertz CT molecular complexity index is 642. The van der Waals surface area contributed by atoms with Crippen LogP contribution in [0.25, 0.3) is 0 Å². The van der Waals surface area contributed by atoms with E-state index in [-0.39, 0.29) is 5.69 Å². The van der Waals surface area contributed by atoms with E-state index in [0.29, 0.717) is 11.4 Å². The molecule has 0 spiro atoms. The first-order chi connectivity index (χ1) is 10.7. The van der Waals surface area contributed by atoms with Crippen LogP contribution < -0.4 is 10.2 Å². The largest absolute Gasteiger partial charge is 0.497 e. The molecule has 114 valence electrons. The molecule has 0 aliphatic carbocycles. The average molecular weight is 317 g/mol. The third-order valence-electron chi connectivity index (χ3n) is 2.75. The third-order valence-corrected chi connectivity index (χ3v) is 3.67. The molecule has 0 atom stereocenters. The number of nitro benzene ring substituents is 1. The van der Waals surface area contributed by atoms with Crippen molar-refractivity contribution in [3.63, 3.8) is 0 Å². The van der Waals surface area contributed by atoms with Gasteiger partial charge < -0.3 is 4.74 Å². The van der Waals surface area contributed by atoms with Gasteiger partial charge in [0.2, 0.25) is 0 Å². The average Bonchev–Trinajstić information content (AvgIpc) is 2.55. The molecule has 0 fully saturated rings. The summed E-state index contributed by atoms with van der Waals surface area (Å²) < 4.78 is 5.10. The number of nitrogens with zero attached hydrogens (tertiary/aromatic N) is 2. The molecule has 0 radical (unpaired) electrons. The van der Waals surface area contributed by atoms with Gasteiger partial charge in [-0.05, 0) is 36.4 Å². The zero-order valence-corrected chi connectivity index (χ0v) is 12.7. The molecule has 0 unspecified atom stereocenters. The zero-order valence-electron chi connectivity index (χ0n) is 11.9. The molecular formula is C15H15N3O3S. The molecule has 0 aliphatic heterocycles. The first kappa shape index (κ1) is 15.8. The number of hydrogen-bond donors (Lipinski definition) is 1. The Morgan fingerprint density at radius 3 is 2.50 bits per heavy atom. The van der Waals surface area contributed by atoms with Crippen molar-refractivity contribution in [2.75, 3.05) is 18.3 Å². The predicted molar refractivity (Wildman–Crippen MR) is 88.9 cm³/mol. The third kappa shape index (κ3) is 4.78. The van der Waals surface area contributed by atoms with Gasteiger partial charge in [0.05, 0.1) is 17.7 Å². The van der Waals surface area contributed by atoms with Crippen molar-refractivity contribution in [1.82, 2.24) is 0 Å². The van der Waals surface area contributed by atoms with Gasteiger partial charge in [-0.15, -0.1) is 11.8 Å². The Morgan fingerprint density at radius 2 is 1.91 bits per heavy atom. The van der Waals surface area contributed by atoms with Gasteiger partial charge >= 0.3 is 0 Å². The molecule has 0 saturated heterocycles. The molecule has 0 saturated carbocycles. The number of hydrazone groups is 1. The van der Waals surface area contributed by atoms with Gasteiger partial charge in [0.15, 0.2) is 0 Å². The number of ether oxygens (including phenoxy) is 1. The summed E-state index contributed by atoms with van der Waals surface area (Å²) in [7, 11) is 1.64. The highest BCUT2D eigenvalue weighted by Gasteiger charge is 2.02. The first-order valence-electron chi connectivity index (χ1n) is 6.48. The highest BCUT2D eigenvalue weighted by molar-refractivity contribution is 7.99. The van der Waals surface area contributed by atoms with Crippen LogP contribution >= 0.6 is 11.8 Å². The van der Waals surface area contributed by atoms with Crippen molar-refractivity contribution in [3.8, 4) is 5.75 Å². The SMILES string of the molecule is COc1ccc(SCC=NNc2ccc([N+](=O)[O-])cc2)cc1. The number of methoxy groups -OCH3 is 1. The fourth-order valence-electron chi connectivity index (χ4n) is 1.62. The summed E-state index contributed by atoms with van der Waals surface area (Å²) in [5, 5.41) is 14.6. The van der Waals surface area contributed by atoms with Crippen LogP contribution in [0.4, 0.5) is 11.4 Å². The van der Waals surface area contributed by atoms with E-state index in [4.69, 9.17) is 4.74 Å². The van der Waals surface area contributed by atoms with Gasteiger partial charge in [-0.25, -0.2) is 0 Å². The van der Waals surface area contributed by atoms with Gasteiger partial charge in [0.25, 0.3) is 5.69 Å². The summed E-state index contributed by atoms with van der Waals surface area (Å²) in [6.45, 7) is 0. The van der Waals surface area contributed by atoms with E-state index >= 15 is 0 Å². The molecule has 2 aromatic rings. The monoisotopic (exact) mass is 317 g/mol. The highest BCUT2D eigenvalue weighted by atomic mass is 32.2. The summed E-state index contributed by atoms with van der Waals surface area (Å²) in [6.07, 6.45) is 1.75. The Kier molecular flexibility index (Phi) is 5.79. The van der Waals surface area contributed by atoms with E-state index in [1.807, 2.05) is 24.3 Å². The summed E-state index contributed by atoms with van der Waals surface area (Å²) in [6, 6.07) is 13.9. The van der Waals surface area contributed by atoms with Gasteiger partial charge in [-0.1, -0.05) is 0 Å². The minimum absolute atomic E-state index is 0.0598. The Hall–Kier alpha value is -2.54. The molecule has 1 N–H and O–H groups in total. The van der Waals surface area contributed by atoms with Crippen LogP contribution in [-0.4, -0.2) is 24.0 Å². The van der Waals surface area contributed by atoms with Gasteiger partial charge in [-0.2, -0.15) is 5.10 Å². The van der Waals surface area contributed by atoms with E-state index in [0.717, 1.165) is 10.6 Å². The van der Waals surface area contributed by atoms with E-state index in [1.165, 1.54) is 12.1 Å². The molecule has 2 aromatic carbocycles. The lowest BCUT2D eigenvalue weighted by Gasteiger charge is -2.01. The van der Waals surface area contributed by atoms with Crippen molar-refractivity contribution in [1.29, 1.82) is 0 Å². The highest BCUT2D eigenvalue weighted by Crippen LogP contribution is 2.20. The Morgan fingerprint density at radius 1 is 1.23 bits per heavy atom. The fraction of sp³-hybridized carbons (Fsp3) is 0.133. The number of non-ortho nitro benzene ring substituents is 1. The number of benzene rings is 2. The van der Waals surface area contributed by atoms with Crippen LogP contribution in [0.2, 0.25) is 0 Å². The van der Waals surface area contributed by atoms with Crippen LogP contribution in [-0.2, 0) is 0 Å². The molecule has 0 heterocycles. The molecule has 0 aromatic heterocycles. The van der Waals surface area contributed by atoms with Crippen molar-refractivity contribution in [2.45, 2.75) is 4.90 Å². The second kappa shape index (κ2) is 8.04. The number of nitro groups is 1. The van der Waals surface area contributed by atoms with Crippen LogP contribution in [0.5, 0.6) is 5.75 Å². The van der Waals surface area contributed by atoms with Gasteiger partial charge in [0.1, 0.15) is 5.75 Å². The topological polar surface area (TPSA) is 76.8 Å². The number of thioether (sulfide) groups is 1. The fourth-order valence-corrected chi connectivity index (χ4v) is 2.29. The minimum Gasteiger partial charge on any atom is -0.497 e. The first-order valence-corrected chi connectivity index (χ1v) is 7.46. The van der Waals surface area contributed by atoms with Crippen molar-refractivity contribution >= 4 is 29.4 Å². The standard InChI is InChI=1S/C15H15N3O3S/c1-21-14-6-8-15(9-7-14)22-11-10-16-17-12-2-4-13(5-3-12)18(19)20/h2-10,17H,11H2,1H3. The quantitative estimate of drug-likeness (QED) is 0.364. The number of anilines is 1. The van der Waals surface area contributed by atoms with Crippen LogP contribution in [0.3, 0.4) is 0 Å². The van der Waals surface area contributed by atoms with Crippen molar-refractivity contribution in [2.24, 2.45) is 5.10 Å². The number of hydrogen-bond acceptors (Lipinski definition) is 6. The van der Waals surface area contributed by atoms with E-state index in [1.54, 1.807) is 37.2 Å². The van der Waals surface area contributed by atoms with Crippen molar-refractivity contribution in [3.05, 3.63) is 58.6 Å². The maximum absolute atomic E-state index is 10.5. The summed E-state index contributed by atoms with van der Waals surface area (Å²) in [4.78, 5) is 11.2. The maximum atomic E-state index is 10.5. The molecule has 6 nitrogen and oxygen atoms in total. The normalized spacial score (nSPS) is 10.6. The second-order valence-corrected chi connectivity index (χ2v) is 5.31. The predicted octanol–water partition coefficient (Wildman–Crippen LogP) is 3.79. The molecule has 2 rings (SSSR count). The zero-order chi connectivity index (χ0) is 15.8. The van der Waals surface area contributed by atoms with E-state index < -0.39 is 4.92 Å². The molecular weight excluding hydrogens is 302 g/mol. The van der Waals surface area contributed by atoms with Crippen LogP contribution in [0, 0.1) is 10.1 Å². The Labute approximate surface area is 132 Å². The molecule has 0 amide bonds. The van der Waals surface area contributed by atoms with Gasteiger partial charge in [-0.3, -0.25) is 15.5 Å². The number of nitrogens with one attached hydrogen (secondary N) is 1. The van der Waals surface area contributed by atoms with E-state index in [9.17, 15) is 10.1 Å². The maximum Gasteiger partial charge on any atom is 0.269 e. The molecule has 0 aliphatic rings. The lowest BCUT2D eigenvalue weighted by molar-refractivity contribution is -0.384. The summed E-state index contributed by atoms with van der Waals surface area (Å²) in [5.74, 6) is 1.55. The summed E-state index contributed by atoms with van der Waals surface area (Å²) >= 11 is 1.65. The minimum atomic E-state index is -0.432.